The molecule has 1 N–H and O–H groups in total. The lowest BCUT2D eigenvalue weighted by atomic mass is 10.1. The summed E-state index contributed by atoms with van der Waals surface area (Å²) in [6, 6.07) is 7.66. The van der Waals surface area contributed by atoms with Crippen molar-refractivity contribution in [3.63, 3.8) is 0 Å². The topological polar surface area (TPSA) is 58.1 Å². The largest absolute Gasteiger partial charge is 0.366 e. The summed E-state index contributed by atoms with van der Waals surface area (Å²) in [7, 11) is 0. The summed E-state index contributed by atoms with van der Waals surface area (Å²) < 4.78 is 0. The molecule has 1 aromatic heterocycles. The van der Waals surface area contributed by atoms with Crippen molar-refractivity contribution in [2.75, 3.05) is 11.9 Å². The molecule has 2 heterocycles. The lowest BCUT2D eigenvalue weighted by Gasteiger charge is -2.29. The van der Waals surface area contributed by atoms with E-state index in [2.05, 4.69) is 15.3 Å². The van der Waals surface area contributed by atoms with Crippen LogP contribution >= 0.6 is 23.2 Å². The molecule has 130 valence electrons. The van der Waals surface area contributed by atoms with Gasteiger partial charge in [0, 0.05) is 36.0 Å². The molecule has 4 rings (SSSR count). The van der Waals surface area contributed by atoms with Gasteiger partial charge in [0.15, 0.2) is 0 Å². The van der Waals surface area contributed by atoms with Gasteiger partial charge in [-0.25, -0.2) is 9.97 Å². The number of carbonyl (C=O) groups is 1. The average Bonchev–Trinajstić information content (AvgIpc) is 3.44. The lowest BCUT2D eigenvalue weighted by molar-refractivity contribution is -0.133. The van der Waals surface area contributed by atoms with Crippen molar-refractivity contribution >= 4 is 34.9 Å². The number of nitrogens with one attached hydrogen (secondary N) is 1. The van der Waals surface area contributed by atoms with E-state index in [1.807, 2.05) is 29.2 Å². The third-order valence-electron chi connectivity index (χ3n) is 4.62. The third kappa shape index (κ3) is 3.72. The fraction of sp³-hybridized carbons (Fsp3) is 0.389. The molecule has 7 heteroatoms. The van der Waals surface area contributed by atoms with E-state index in [0.29, 0.717) is 36.9 Å². The first-order chi connectivity index (χ1) is 12.1. The second-order valence-corrected chi connectivity index (χ2v) is 7.31. The number of halogens is 2. The molecule has 0 radical (unpaired) electrons. The molecule has 1 aliphatic carbocycles. The molecular weight excluding hydrogens is 359 g/mol. The number of fused-ring (bicyclic) bond motifs is 1. The minimum absolute atomic E-state index is 0.220. The van der Waals surface area contributed by atoms with Crippen LogP contribution in [0.5, 0.6) is 0 Å². The highest BCUT2D eigenvalue weighted by atomic mass is 35.5. The van der Waals surface area contributed by atoms with Crippen molar-refractivity contribution in [3.05, 3.63) is 51.4 Å². The maximum Gasteiger partial charge on any atom is 0.225 e. The SMILES string of the molecule is O=C(C1CC1)N1CCc2nc(Cl)nc(NCc3cccc(Cl)c3)c2C1. The zero-order valence-corrected chi connectivity index (χ0v) is 15.1. The number of rotatable bonds is 4. The zero-order valence-electron chi connectivity index (χ0n) is 13.6. The Kier molecular flexibility index (Phi) is 4.52. The summed E-state index contributed by atoms with van der Waals surface area (Å²) in [5, 5.41) is 4.26. The molecule has 1 saturated carbocycles. The zero-order chi connectivity index (χ0) is 17.4. The highest BCUT2D eigenvalue weighted by molar-refractivity contribution is 6.30. The number of amides is 1. The number of nitrogens with zero attached hydrogens (tertiary/aromatic N) is 3. The van der Waals surface area contributed by atoms with Crippen LogP contribution in [-0.2, 0) is 24.3 Å². The molecule has 1 amide bonds. The smallest absolute Gasteiger partial charge is 0.225 e. The summed E-state index contributed by atoms with van der Waals surface area (Å²) >= 11 is 12.1. The van der Waals surface area contributed by atoms with Crippen LogP contribution < -0.4 is 5.32 Å². The van der Waals surface area contributed by atoms with E-state index in [9.17, 15) is 4.79 Å². The summed E-state index contributed by atoms with van der Waals surface area (Å²) in [5.74, 6) is 1.17. The van der Waals surface area contributed by atoms with Gasteiger partial charge in [0.05, 0.1) is 12.2 Å². The monoisotopic (exact) mass is 376 g/mol. The predicted octanol–water partition coefficient (Wildman–Crippen LogP) is 3.69. The Morgan fingerprint density at radius 3 is 2.88 bits per heavy atom. The summed E-state index contributed by atoms with van der Waals surface area (Å²) in [6.07, 6.45) is 2.74. The van der Waals surface area contributed by atoms with Crippen LogP contribution in [0.3, 0.4) is 0 Å². The van der Waals surface area contributed by atoms with E-state index in [1.54, 1.807) is 0 Å². The van der Waals surface area contributed by atoms with Crippen LogP contribution in [0.2, 0.25) is 10.3 Å². The normalized spacial score (nSPS) is 16.5. The quantitative estimate of drug-likeness (QED) is 0.826. The average molecular weight is 377 g/mol. The molecule has 0 bridgehead atoms. The van der Waals surface area contributed by atoms with Gasteiger partial charge in [0.2, 0.25) is 11.2 Å². The molecule has 25 heavy (non-hydrogen) atoms. The van der Waals surface area contributed by atoms with Crippen LogP contribution in [-0.4, -0.2) is 27.3 Å². The Bertz CT molecular complexity index is 823. The summed E-state index contributed by atoms with van der Waals surface area (Å²) in [5.41, 5.74) is 2.94. The van der Waals surface area contributed by atoms with Gasteiger partial charge in [-0.3, -0.25) is 4.79 Å². The molecule has 1 fully saturated rings. The molecular formula is C18H18Cl2N4O. The van der Waals surface area contributed by atoms with Gasteiger partial charge >= 0.3 is 0 Å². The fourth-order valence-electron chi connectivity index (χ4n) is 3.14. The molecule has 5 nitrogen and oxygen atoms in total. The van der Waals surface area contributed by atoms with E-state index in [1.165, 1.54) is 0 Å². The van der Waals surface area contributed by atoms with Crippen molar-refractivity contribution in [3.8, 4) is 0 Å². The Morgan fingerprint density at radius 2 is 2.12 bits per heavy atom. The van der Waals surface area contributed by atoms with E-state index in [-0.39, 0.29) is 17.1 Å². The van der Waals surface area contributed by atoms with E-state index >= 15 is 0 Å². The Labute approximate surface area is 156 Å². The van der Waals surface area contributed by atoms with Crippen molar-refractivity contribution in [2.45, 2.75) is 32.4 Å². The van der Waals surface area contributed by atoms with Gasteiger partial charge in [0.1, 0.15) is 5.82 Å². The van der Waals surface area contributed by atoms with Crippen LogP contribution in [0.15, 0.2) is 24.3 Å². The number of hydrogen-bond donors (Lipinski definition) is 1. The van der Waals surface area contributed by atoms with Gasteiger partial charge in [-0.1, -0.05) is 23.7 Å². The molecule has 0 unspecified atom stereocenters. The van der Waals surface area contributed by atoms with Gasteiger partial charge in [-0.15, -0.1) is 0 Å². The number of aromatic nitrogens is 2. The minimum atomic E-state index is 0.220. The number of benzene rings is 1. The van der Waals surface area contributed by atoms with Crippen molar-refractivity contribution in [1.82, 2.24) is 14.9 Å². The standard InChI is InChI=1S/C18H18Cl2N4O/c19-13-3-1-2-11(8-13)9-21-16-14-10-24(17(25)12-4-5-12)7-6-15(14)22-18(20)23-16/h1-3,8,12H,4-7,9-10H2,(H,21,22,23). The molecule has 2 aliphatic rings. The van der Waals surface area contributed by atoms with Gasteiger partial charge < -0.3 is 10.2 Å². The van der Waals surface area contributed by atoms with E-state index in [0.717, 1.165) is 29.7 Å². The predicted molar refractivity (Wildman–Crippen MR) is 97.7 cm³/mol. The molecule has 1 aliphatic heterocycles. The molecule has 2 aromatic rings. The van der Waals surface area contributed by atoms with E-state index < -0.39 is 0 Å². The number of anilines is 1. The lowest BCUT2D eigenvalue weighted by Crippen LogP contribution is -2.37. The van der Waals surface area contributed by atoms with Crippen molar-refractivity contribution < 1.29 is 4.79 Å². The molecule has 1 aromatic carbocycles. The highest BCUT2D eigenvalue weighted by Gasteiger charge is 2.35. The minimum Gasteiger partial charge on any atom is -0.366 e. The second kappa shape index (κ2) is 6.81. The third-order valence-corrected chi connectivity index (χ3v) is 5.02. The van der Waals surface area contributed by atoms with Gasteiger partial charge in [-0.2, -0.15) is 0 Å². The summed E-state index contributed by atoms with van der Waals surface area (Å²) in [4.78, 5) is 23.0. The van der Waals surface area contributed by atoms with Crippen LogP contribution in [0, 0.1) is 5.92 Å². The van der Waals surface area contributed by atoms with Crippen LogP contribution in [0.4, 0.5) is 5.82 Å². The van der Waals surface area contributed by atoms with Crippen LogP contribution in [0.1, 0.15) is 29.7 Å². The summed E-state index contributed by atoms with van der Waals surface area (Å²) in [6.45, 7) is 1.82. The van der Waals surface area contributed by atoms with Gasteiger partial charge in [-0.05, 0) is 42.1 Å². The Morgan fingerprint density at radius 1 is 1.28 bits per heavy atom. The van der Waals surface area contributed by atoms with Crippen LogP contribution in [0.25, 0.3) is 0 Å². The molecule has 0 atom stereocenters. The fourth-order valence-corrected chi connectivity index (χ4v) is 3.54. The molecule has 0 spiro atoms. The Balaban J connectivity index is 1.55. The Hall–Kier alpha value is -1.85. The van der Waals surface area contributed by atoms with E-state index in [4.69, 9.17) is 23.2 Å². The maximum absolute atomic E-state index is 12.4. The first-order valence-electron chi connectivity index (χ1n) is 8.42. The van der Waals surface area contributed by atoms with Gasteiger partial charge in [0.25, 0.3) is 0 Å². The van der Waals surface area contributed by atoms with Crippen molar-refractivity contribution in [2.24, 2.45) is 5.92 Å². The highest BCUT2D eigenvalue weighted by Crippen LogP contribution is 2.34. The first kappa shape index (κ1) is 16.6. The number of hydrogen-bond acceptors (Lipinski definition) is 4. The molecule has 0 saturated heterocycles. The van der Waals surface area contributed by atoms with Crippen molar-refractivity contribution in [1.29, 1.82) is 0 Å². The first-order valence-corrected chi connectivity index (χ1v) is 9.18. The maximum atomic E-state index is 12.4. The second-order valence-electron chi connectivity index (χ2n) is 6.53. The number of carbonyl (C=O) groups excluding carboxylic acids is 1.